The van der Waals surface area contributed by atoms with Crippen molar-refractivity contribution in [1.29, 1.82) is 0 Å². The van der Waals surface area contributed by atoms with Crippen LogP contribution < -0.4 is 0 Å². The van der Waals surface area contributed by atoms with E-state index in [-0.39, 0.29) is 0 Å². The van der Waals surface area contributed by atoms with Gasteiger partial charge in [-0.15, -0.1) is 0 Å². The highest BCUT2D eigenvalue weighted by Gasteiger charge is 2.12. The van der Waals surface area contributed by atoms with Gasteiger partial charge in [0.2, 0.25) is 0 Å². The van der Waals surface area contributed by atoms with Gasteiger partial charge in [-0.25, -0.2) is 0 Å². The van der Waals surface area contributed by atoms with E-state index >= 15 is 0 Å². The summed E-state index contributed by atoms with van der Waals surface area (Å²) in [7, 11) is 0. The van der Waals surface area contributed by atoms with E-state index in [1.807, 2.05) is 70.2 Å². The molecule has 0 heterocycles. The molecule has 3 aromatic carbocycles. The number of hydrogen-bond donors (Lipinski definition) is 2. The molecule has 0 unspecified atom stereocenters. The van der Waals surface area contributed by atoms with Crippen molar-refractivity contribution in [3.63, 3.8) is 0 Å². The molecule has 3 aromatic rings. The summed E-state index contributed by atoms with van der Waals surface area (Å²) in [5.74, 6) is 0.678. The summed E-state index contributed by atoms with van der Waals surface area (Å²) >= 11 is 0. The highest BCUT2D eigenvalue weighted by Crippen LogP contribution is 2.34. The molecule has 132 valence electrons. The average Bonchev–Trinajstić information content (AvgIpc) is 2.62. The maximum Gasteiger partial charge on any atom is 0.121 e. The quantitative estimate of drug-likeness (QED) is 0.579. The van der Waals surface area contributed by atoms with Crippen molar-refractivity contribution in [3.05, 3.63) is 93.5 Å². The first-order valence-corrected chi connectivity index (χ1v) is 8.74. The van der Waals surface area contributed by atoms with Crippen molar-refractivity contribution in [2.24, 2.45) is 0 Å². The second kappa shape index (κ2) is 7.09. The smallest absolute Gasteiger partial charge is 0.121 e. The highest BCUT2D eigenvalue weighted by molar-refractivity contribution is 5.92. The van der Waals surface area contributed by atoms with E-state index in [1.54, 1.807) is 0 Å². The summed E-state index contributed by atoms with van der Waals surface area (Å²) < 4.78 is 0. The zero-order valence-electron chi connectivity index (χ0n) is 15.7. The van der Waals surface area contributed by atoms with Crippen LogP contribution in [0.25, 0.3) is 11.6 Å². The highest BCUT2D eigenvalue weighted by atomic mass is 16.3. The number of rotatable bonds is 3. The van der Waals surface area contributed by atoms with Crippen molar-refractivity contribution >= 4 is 11.6 Å². The molecule has 0 bridgehead atoms. The van der Waals surface area contributed by atoms with Gasteiger partial charge < -0.3 is 10.2 Å². The molecule has 0 atom stereocenters. The monoisotopic (exact) mass is 344 g/mol. The molecular formula is C24H24O2. The molecule has 0 spiro atoms. The van der Waals surface area contributed by atoms with E-state index in [1.165, 1.54) is 0 Å². The molecule has 0 saturated carbocycles. The Labute approximate surface area is 155 Å². The molecule has 0 aromatic heterocycles. The Morgan fingerprint density at radius 3 is 1.42 bits per heavy atom. The molecule has 2 N–H and O–H groups in total. The van der Waals surface area contributed by atoms with Crippen molar-refractivity contribution in [1.82, 2.24) is 0 Å². The second-order valence-electron chi connectivity index (χ2n) is 6.89. The number of hydrogen-bond acceptors (Lipinski definition) is 2. The summed E-state index contributed by atoms with van der Waals surface area (Å²) in [6.07, 6.45) is 2.15. The minimum Gasteiger partial charge on any atom is -0.507 e. The predicted molar refractivity (Wildman–Crippen MR) is 109 cm³/mol. The van der Waals surface area contributed by atoms with Crippen LogP contribution in [0.5, 0.6) is 11.5 Å². The van der Waals surface area contributed by atoms with Crippen LogP contribution in [0.4, 0.5) is 0 Å². The van der Waals surface area contributed by atoms with Crippen molar-refractivity contribution in [2.75, 3.05) is 0 Å². The van der Waals surface area contributed by atoms with Gasteiger partial charge in [0.15, 0.2) is 0 Å². The largest absolute Gasteiger partial charge is 0.507 e. The Hall–Kier alpha value is -3.00. The van der Waals surface area contributed by atoms with E-state index in [0.29, 0.717) is 11.5 Å². The van der Waals surface area contributed by atoms with Crippen LogP contribution >= 0.6 is 0 Å². The van der Waals surface area contributed by atoms with Crippen LogP contribution in [0.1, 0.15) is 38.9 Å². The average molecular weight is 344 g/mol. The molecule has 0 radical (unpaired) electrons. The van der Waals surface area contributed by atoms with Crippen LogP contribution in [-0.2, 0) is 0 Å². The third-order valence-corrected chi connectivity index (χ3v) is 4.71. The molecule has 0 fully saturated rings. The Bertz CT molecular complexity index is 877. The Kier molecular flexibility index (Phi) is 4.85. The molecule has 0 aliphatic heterocycles. The van der Waals surface area contributed by atoms with Gasteiger partial charge in [0.05, 0.1) is 0 Å². The molecule has 0 aliphatic rings. The minimum absolute atomic E-state index is 0.339. The molecule has 2 nitrogen and oxygen atoms in total. The third kappa shape index (κ3) is 3.50. The first-order valence-electron chi connectivity index (χ1n) is 8.74. The van der Waals surface area contributed by atoms with Gasteiger partial charge in [0.1, 0.15) is 11.5 Å². The Morgan fingerprint density at radius 2 is 1.04 bits per heavy atom. The lowest BCUT2D eigenvalue weighted by atomic mass is 9.91. The molecular weight excluding hydrogens is 320 g/mol. The van der Waals surface area contributed by atoms with Crippen molar-refractivity contribution in [3.8, 4) is 11.5 Å². The molecule has 26 heavy (non-hydrogen) atoms. The normalized spacial score (nSPS) is 10.6. The number of phenols is 2. The van der Waals surface area contributed by atoms with Gasteiger partial charge in [0.25, 0.3) is 0 Å². The maximum atomic E-state index is 10.1. The molecule has 2 heteroatoms. The van der Waals surface area contributed by atoms with E-state index in [2.05, 4.69) is 18.2 Å². The standard InChI is InChI=1S/C24H24O2/c1-15-10-20(11-16(2)23(15)25)22(14-19-8-6-5-7-9-19)21-12-17(3)24(26)18(4)13-21/h5-14,25-26H,1-4H3. The minimum atomic E-state index is 0.339. The van der Waals surface area contributed by atoms with Crippen LogP contribution in [0.15, 0.2) is 54.6 Å². The van der Waals surface area contributed by atoms with Crippen molar-refractivity contribution in [2.45, 2.75) is 27.7 Å². The lowest BCUT2D eigenvalue weighted by Crippen LogP contribution is -1.94. The lowest BCUT2D eigenvalue weighted by Gasteiger charge is -2.15. The van der Waals surface area contributed by atoms with E-state index in [9.17, 15) is 10.2 Å². The maximum absolute atomic E-state index is 10.1. The number of aromatic hydroxyl groups is 2. The van der Waals surface area contributed by atoms with E-state index in [0.717, 1.165) is 44.5 Å². The Morgan fingerprint density at radius 1 is 0.654 bits per heavy atom. The first-order chi connectivity index (χ1) is 12.4. The van der Waals surface area contributed by atoms with Gasteiger partial charge >= 0.3 is 0 Å². The number of aryl methyl sites for hydroxylation is 4. The fourth-order valence-corrected chi connectivity index (χ4v) is 3.27. The van der Waals surface area contributed by atoms with Crippen LogP contribution in [0.2, 0.25) is 0 Å². The molecule has 0 amide bonds. The zero-order valence-corrected chi connectivity index (χ0v) is 15.7. The third-order valence-electron chi connectivity index (χ3n) is 4.71. The molecule has 0 saturated heterocycles. The Balaban J connectivity index is 2.26. The van der Waals surface area contributed by atoms with Crippen molar-refractivity contribution < 1.29 is 10.2 Å². The van der Waals surface area contributed by atoms with Gasteiger partial charge in [-0.1, -0.05) is 30.3 Å². The second-order valence-corrected chi connectivity index (χ2v) is 6.89. The van der Waals surface area contributed by atoms with E-state index < -0.39 is 0 Å². The fourth-order valence-electron chi connectivity index (χ4n) is 3.27. The van der Waals surface area contributed by atoms with Crippen LogP contribution in [0.3, 0.4) is 0 Å². The van der Waals surface area contributed by atoms with Gasteiger partial charge in [-0.2, -0.15) is 0 Å². The summed E-state index contributed by atoms with van der Waals surface area (Å²) in [6, 6.07) is 18.2. The number of phenolic OH excluding ortho intramolecular Hbond substituents is 2. The summed E-state index contributed by atoms with van der Waals surface area (Å²) in [4.78, 5) is 0. The number of benzene rings is 3. The summed E-state index contributed by atoms with van der Waals surface area (Å²) in [6.45, 7) is 7.66. The first kappa shape index (κ1) is 17.8. The molecule has 0 aliphatic carbocycles. The summed E-state index contributed by atoms with van der Waals surface area (Å²) in [5, 5.41) is 20.3. The zero-order chi connectivity index (χ0) is 18.8. The lowest BCUT2D eigenvalue weighted by molar-refractivity contribution is 0.466. The van der Waals surface area contributed by atoms with Gasteiger partial charge in [0, 0.05) is 0 Å². The molecule has 3 rings (SSSR count). The topological polar surface area (TPSA) is 40.5 Å². The fraction of sp³-hybridized carbons (Fsp3) is 0.167. The van der Waals surface area contributed by atoms with Gasteiger partial charge in [-0.3, -0.25) is 0 Å². The van der Waals surface area contributed by atoms with Gasteiger partial charge in [-0.05, 0) is 103 Å². The summed E-state index contributed by atoms with van der Waals surface area (Å²) in [5.41, 5.74) is 7.68. The van der Waals surface area contributed by atoms with E-state index in [4.69, 9.17) is 0 Å². The predicted octanol–water partition coefficient (Wildman–Crippen LogP) is 5.92. The van der Waals surface area contributed by atoms with Crippen LogP contribution in [-0.4, -0.2) is 10.2 Å². The SMILES string of the molecule is Cc1cc(C(=Cc2ccccc2)c2cc(C)c(O)c(C)c2)cc(C)c1O. The van der Waals surface area contributed by atoms with Crippen LogP contribution in [0, 0.1) is 27.7 Å².